The summed E-state index contributed by atoms with van der Waals surface area (Å²) in [5.41, 5.74) is 1.24. The van der Waals surface area contributed by atoms with Gasteiger partial charge in [0.25, 0.3) is 0 Å². The van der Waals surface area contributed by atoms with Crippen LogP contribution in [0.2, 0.25) is 0 Å². The van der Waals surface area contributed by atoms with Crippen molar-refractivity contribution >= 4 is 5.82 Å². The van der Waals surface area contributed by atoms with Crippen molar-refractivity contribution < 1.29 is 5.11 Å². The molecule has 2 aromatic rings. The fourth-order valence-corrected chi connectivity index (χ4v) is 2.02. The minimum atomic E-state index is -0.186. The van der Waals surface area contributed by atoms with E-state index in [1.54, 1.807) is 0 Å². The van der Waals surface area contributed by atoms with Gasteiger partial charge in [-0.05, 0) is 5.56 Å². The lowest BCUT2D eigenvalue weighted by molar-refractivity contribution is 0.141. The predicted molar refractivity (Wildman–Crippen MR) is 66.0 cm³/mol. The maximum Gasteiger partial charge on any atom is 0.150 e. The highest BCUT2D eigenvalue weighted by Gasteiger charge is 2.25. The van der Waals surface area contributed by atoms with Crippen LogP contribution in [0.4, 0.5) is 5.82 Å². The van der Waals surface area contributed by atoms with Gasteiger partial charge in [-0.3, -0.25) is 4.68 Å². The SMILES string of the molecule is OC1CN(c2ccn(Cc3ccccc3)n2)C1. The molecular weight excluding hydrogens is 214 g/mol. The fourth-order valence-electron chi connectivity index (χ4n) is 2.02. The van der Waals surface area contributed by atoms with Crippen LogP contribution in [0.1, 0.15) is 5.56 Å². The molecule has 0 bridgehead atoms. The third-order valence-electron chi connectivity index (χ3n) is 3.00. The van der Waals surface area contributed by atoms with E-state index in [9.17, 15) is 5.11 Å². The molecule has 17 heavy (non-hydrogen) atoms. The average Bonchev–Trinajstić information content (AvgIpc) is 2.74. The number of hydrogen-bond acceptors (Lipinski definition) is 3. The Morgan fingerprint density at radius 1 is 1.18 bits per heavy atom. The molecule has 3 rings (SSSR count). The van der Waals surface area contributed by atoms with Crippen molar-refractivity contribution in [3.05, 3.63) is 48.2 Å². The van der Waals surface area contributed by atoms with Crippen LogP contribution in [0.3, 0.4) is 0 Å². The van der Waals surface area contributed by atoms with Crippen LogP contribution < -0.4 is 4.90 Å². The molecule has 0 amide bonds. The van der Waals surface area contributed by atoms with Crippen LogP contribution in [-0.2, 0) is 6.54 Å². The first-order chi connectivity index (χ1) is 8.31. The van der Waals surface area contributed by atoms with Gasteiger partial charge in [-0.25, -0.2) is 0 Å². The second kappa shape index (κ2) is 4.22. The van der Waals surface area contributed by atoms with Crippen LogP contribution in [0.15, 0.2) is 42.6 Å². The zero-order valence-corrected chi connectivity index (χ0v) is 9.53. The molecule has 1 aromatic heterocycles. The van der Waals surface area contributed by atoms with Gasteiger partial charge in [-0.15, -0.1) is 0 Å². The first-order valence-electron chi connectivity index (χ1n) is 5.82. The quantitative estimate of drug-likeness (QED) is 0.857. The fraction of sp³-hybridized carbons (Fsp3) is 0.308. The molecule has 0 aliphatic carbocycles. The number of nitrogens with zero attached hydrogens (tertiary/aromatic N) is 3. The molecule has 88 valence electrons. The molecule has 0 atom stereocenters. The maximum atomic E-state index is 9.25. The van der Waals surface area contributed by atoms with Gasteiger partial charge in [0.05, 0.1) is 12.6 Å². The summed E-state index contributed by atoms with van der Waals surface area (Å²) >= 11 is 0. The lowest BCUT2D eigenvalue weighted by Crippen LogP contribution is -2.51. The standard InChI is InChI=1S/C13H15N3O/c17-12-9-15(10-12)13-6-7-16(14-13)8-11-4-2-1-3-5-11/h1-7,12,17H,8-10H2. The number of rotatable bonds is 3. The number of aliphatic hydroxyl groups excluding tert-OH is 1. The van der Waals surface area contributed by atoms with Crippen molar-refractivity contribution in [2.75, 3.05) is 18.0 Å². The summed E-state index contributed by atoms with van der Waals surface area (Å²) in [4.78, 5) is 2.08. The summed E-state index contributed by atoms with van der Waals surface area (Å²) in [7, 11) is 0. The smallest absolute Gasteiger partial charge is 0.150 e. The molecule has 4 heteroatoms. The molecule has 2 heterocycles. The van der Waals surface area contributed by atoms with Crippen molar-refractivity contribution in [3.8, 4) is 0 Å². The molecule has 1 aliphatic rings. The molecule has 1 N–H and O–H groups in total. The lowest BCUT2D eigenvalue weighted by Gasteiger charge is -2.35. The van der Waals surface area contributed by atoms with Gasteiger partial charge >= 0.3 is 0 Å². The van der Waals surface area contributed by atoms with Gasteiger partial charge in [0.1, 0.15) is 0 Å². The number of aliphatic hydroxyl groups is 1. The topological polar surface area (TPSA) is 41.3 Å². The zero-order valence-electron chi connectivity index (χ0n) is 9.53. The van der Waals surface area contributed by atoms with Gasteiger partial charge in [-0.1, -0.05) is 30.3 Å². The molecule has 1 aromatic carbocycles. The second-order valence-electron chi connectivity index (χ2n) is 4.42. The van der Waals surface area contributed by atoms with Gasteiger partial charge in [0, 0.05) is 25.4 Å². The van der Waals surface area contributed by atoms with E-state index in [1.807, 2.05) is 35.1 Å². The number of aromatic nitrogens is 2. The Bertz CT molecular complexity index is 488. The highest BCUT2D eigenvalue weighted by atomic mass is 16.3. The largest absolute Gasteiger partial charge is 0.389 e. The van der Waals surface area contributed by atoms with Crippen molar-refractivity contribution in [1.29, 1.82) is 0 Å². The number of β-amino-alcohol motifs (C(OH)–C–C–N with tert-alkyl or cyclic N) is 1. The molecule has 0 saturated carbocycles. The zero-order chi connectivity index (χ0) is 11.7. The molecule has 1 fully saturated rings. The molecule has 4 nitrogen and oxygen atoms in total. The van der Waals surface area contributed by atoms with Crippen molar-refractivity contribution in [2.45, 2.75) is 12.6 Å². The molecular formula is C13H15N3O. The van der Waals surface area contributed by atoms with E-state index in [1.165, 1.54) is 5.56 Å². The monoisotopic (exact) mass is 229 g/mol. The second-order valence-corrected chi connectivity index (χ2v) is 4.42. The summed E-state index contributed by atoms with van der Waals surface area (Å²) in [6, 6.07) is 12.3. The summed E-state index contributed by atoms with van der Waals surface area (Å²) < 4.78 is 1.93. The van der Waals surface area contributed by atoms with E-state index in [0.717, 1.165) is 12.4 Å². The summed E-state index contributed by atoms with van der Waals surface area (Å²) in [6.07, 6.45) is 1.79. The van der Waals surface area contributed by atoms with Crippen LogP contribution in [-0.4, -0.2) is 34.1 Å². The van der Waals surface area contributed by atoms with Crippen LogP contribution in [0.5, 0.6) is 0 Å². The highest BCUT2D eigenvalue weighted by molar-refractivity contribution is 5.40. The minimum absolute atomic E-state index is 0.186. The highest BCUT2D eigenvalue weighted by Crippen LogP contribution is 2.18. The normalized spacial score (nSPS) is 15.9. The van der Waals surface area contributed by atoms with Crippen molar-refractivity contribution in [1.82, 2.24) is 9.78 Å². The van der Waals surface area contributed by atoms with Gasteiger partial charge in [0.2, 0.25) is 0 Å². The Hall–Kier alpha value is -1.81. The van der Waals surface area contributed by atoms with E-state index < -0.39 is 0 Å². The van der Waals surface area contributed by atoms with Crippen LogP contribution in [0, 0.1) is 0 Å². The third-order valence-corrected chi connectivity index (χ3v) is 3.00. The third kappa shape index (κ3) is 2.17. The van der Waals surface area contributed by atoms with E-state index in [0.29, 0.717) is 13.1 Å². The van der Waals surface area contributed by atoms with Crippen molar-refractivity contribution in [3.63, 3.8) is 0 Å². The van der Waals surface area contributed by atoms with Gasteiger partial charge in [0.15, 0.2) is 5.82 Å². The first-order valence-corrected chi connectivity index (χ1v) is 5.82. The van der Waals surface area contributed by atoms with Gasteiger partial charge in [-0.2, -0.15) is 5.10 Å². The van der Waals surface area contributed by atoms with E-state index in [-0.39, 0.29) is 6.10 Å². The van der Waals surface area contributed by atoms with Gasteiger partial charge < -0.3 is 10.0 Å². The molecule has 0 spiro atoms. The Labute approximate surface area is 100 Å². The first kappa shape index (κ1) is 10.4. The van der Waals surface area contributed by atoms with E-state index in [4.69, 9.17) is 0 Å². The molecule has 1 aliphatic heterocycles. The Kier molecular flexibility index (Phi) is 2.57. The summed E-state index contributed by atoms with van der Waals surface area (Å²) in [5.74, 6) is 0.950. The summed E-state index contributed by atoms with van der Waals surface area (Å²) in [5, 5.41) is 13.7. The maximum absolute atomic E-state index is 9.25. The van der Waals surface area contributed by atoms with Crippen molar-refractivity contribution in [2.24, 2.45) is 0 Å². The van der Waals surface area contributed by atoms with Crippen LogP contribution >= 0.6 is 0 Å². The number of hydrogen-bond donors (Lipinski definition) is 1. The Morgan fingerprint density at radius 2 is 1.94 bits per heavy atom. The number of benzene rings is 1. The molecule has 0 unspecified atom stereocenters. The lowest BCUT2D eigenvalue weighted by atomic mass is 10.2. The van der Waals surface area contributed by atoms with Crippen LogP contribution in [0.25, 0.3) is 0 Å². The number of anilines is 1. The Morgan fingerprint density at radius 3 is 2.65 bits per heavy atom. The Balaban J connectivity index is 1.69. The molecule has 0 radical (unpaired) electrons. The van der Waals surface area contributed by atoms with E-state index in [2.05, 4.69) is 22.1 Å². The summed E-state index contributed by atoms with van der Waals surface area (Å²) in [6.45, 7) is 2.18. The van der Waals surface area contributed by atoms with E-state index >= 15 is 0 Å². The average molecular weight is 229 g/mol. The predicted octanol–water partition coefficient (Wildman–Crippen LogP) is 1.11. The minimum Gasteiger partial charge on any atom is -0.389 e. The molecule has 1 saturated heterocycles.